The van der Waals surface area contributed by atoms with Gasteiger partial charge in [-0.15, -0.1) is 0 Å². The number of rotatable bonds is 10. The van der Waals surface area contributed by atoms with Crippen LogP contribution in [0.1, 0.15) is 52.4 Å². The molecule has 0 saturated carbocycles. The molecule has 2 atom stereocenters. The molecule has 1 saturated heterocycles. The molecule has 2 aromatic carbocycles. The number of carbonyl (C=O) groups excluding carboxylic acids is 1. The minimum Gasteiger partial charge on any atom is -0.503 e. The van der Waals surface area contributed by atoms with E-state index in [1.54, 1.807) is 23.1 Å². The van der Waals surface area contributed by atoms with Crippen molar-refractivity contribution >= 4 is 14.0 Å². The maximum absolute atomic E-state index is 14.2. The number of nitrogens with zero attached hydrogens (tertiary/aromatic N) is 4. The van der Waals surface area contributed by atoms with E-state index >= 15 is 0 Å². The second-order valence-corrected chi connectivity index (χ2v) is 17.1. The van der Waals surface area contributed by atoms with Gasteiger partial charge >= 0.3 is 0 Å². The third-order valence-corrected chi connectivity index (χ3v) is 8.91. The lowest BCUT2D eigenvalue weighted by Gasteiger charge is -2.29. The molecule has 210 valence electrons. The van der Waals surface area contributed by atoms with E-state index < -0.39 is 25.2 Å². The molecule has 1 fully saturated rings. The molecular formula is C30H35FN4O4Si. The lowest BCUT2D eigenvalue weighted by molar-refractivity contribution is 0.0676. The van der Waals surface area contributed by atoms with Gasteiger partial charge in [0, 0.05) is 33.2 Å². The van der Waals surface area contributed by atoms with E-state index in [0.29, 0.717) is 31.6 Å². The molecule has 1 aromatic heterocycles. The zero-order valence-electron chi connectivity index (χ0n) is 23.1. The Morgan fingerprint density at radius 3 is 2.65 bits per heavy atom. The monoisotopic (exact) mass is 562 g/mol. The predicted octanol–water partition coefficient (Wildman–Crippen LogP) is 5.10. The second kappa shape index (κ2) is 12.6. The number of likely N-dealkylation sites (tertiary alicyclic amines) is 1. The van der Waals surface area contributed by atoms with Crippen molar-refractivity contribution in [3.8, 4) is 11.8 Å². The number of nitriles is 1. The summed E-state index contributed by atoms with van der Waals surface area (Å²) < 4.78 is 21.2. The largest absolute Gasteiger partial charge is 0.503 e. The van der Waals surface area contributed by atoms with Crippen LogP contribution in [0.4, 0.5) is 4.39 Å². The minimum atomic E-state index is -1.29. The zero-order valence-corrected chi connectivity index (χ0v) is 24.1. The van der Waals surface area contributed by atoms with Gasteiger partial charge < -0.3 is 14.7 Å². The van der Waals surface area contributed by atoms with Crippen molar-refractivity contribution in [2.45, 2.75) is 63.6 Å². The molecule has 1 amide bonds. The molecule has 1 N–H and O–H groups in total. The average Bonchev–Trinajstić information content (AvgIpc) is 3.39. The highest BCUT2D eigenvalue weighted by atomic mass is 28.3. The first kappa shape index (κ1) is 29.2. The van der Waals surface area contributed by atoms with Crippen LogP contribution in [0.15, 0.2) is 59.5 Å². The summed E-state index contributed by atoms with van der Waals surface area (Å²) in [5, 5.41) is 23.7. The molecule has 2 heterocycles. The molecule has 40 heavy (non-hydrogen) atoms. The Morgan fingerprint density at radius 1 is 1.23 bits per heavy atom. The van der Waals surface area contributed by atoms with Crippen LogP contribution in [0, 0.1) is 17.1 Å². The minimum absolute atomic E-state index is 0.0162. The Morgan fingerprint density at radius 2 is 1.98 bits per heavy atom. The van der Waals surface area contributed by atoms with Crippen molar-refractivity contribution in [3.63, 3.8) is 0 Å². The standard InChI is InChI=1S/C30H35FN4O4Si/c1-40(2,3)15-14-39-20-34-19-27(36)29(37)28(33-34)30(38)35-13-5-8-25(35)17-26(23-6-4-7-24(31)16-23)22-11-9-21(18-32)10-12-22/h4,6-7,9-12,16,19,25-26,36H,5,8,13-15,17,20H2,1-3H3/t25-,26+/m0/s1. The fourth-order valence-corrected chi connectivity index (χ4v) is 5.76. The van der Waals surface area contributed by atoms with E-state index in [2.05, 4.69) is 30.8 Å². The van der Waals surface area contributed by atoms with Gasteiger partial charge in [0.2, 0.25) is 0 Å². The summed E-state index contributed by atoms with van der Waals surface area (Å²) >= 11 is 0. The first-order valence-corrected chi connectivity index (χ1v) is 17.2. The Kier molecular flexibility index (Phi) is 9.17. The SMILES string of the molecule is C[Si](C)(C)CCOCn1cc(O)c(=O)c(C(=O)N2CCC[C@H]2C[C@H](c2ccc(C#N)cc2)c2cccc(F)c2)n1. The highest BCUT2D eigenvalue weighted by Gasteiger charge is 2.34. The van der Waals surface area contributed by atoms with Crippen LogP contribution in [0.2, 0.25) is 25.7 Å². The third kappa shape index (κ3) is 7.23. The van der Waals surface area contributed by atoms with Crippen LogP contribution in [0.3, 0.4) is 0 Å². The molecule has 1 aliphatic rings. The molecule has 4 rings (SSSR count). The third-order valence-electron chi connectivity index (χ3n) is 7.21. The molecule has 0 aliphatic carbocycles. The fourth-order valence-electron chi connectivity index (χ4n) is 5.00. The van der Waals surface area contributed by atoms with E-state index in [0.717, 1.165) is 23.6 Å². The smallest absolute Gasteiger partial charge is 0.278 e. The molecule has 3 aromatic rings. The molecule has 0 bridgehead atoms. The summed E-state index contributed by atoms with van der Waals surface area (Å²) in [6.07, 6.45) is 3.13. The van der Waals surface area contributed by atoms with Crippen LogP contribution in [-0.2, 0) is 11.5 Å². The predicted molar refractivity (Wildman–Crippen MR) is 152 cm³/mol. The summed E-state index contributed by atoms with van der Waals surface area (Å²) in [7, 11) is -1.29. The number of aromatic hydroxyl groups is 1. The van der Waals surface area contributed by atoms with Gasteiger partial charge in [-0.3, -0.25) is 9.59 Å². The second-order valence-electron chi connectivity index (χ2n) is 11.5. The van der Waals surface area contributed by atoms with Gasteiger partial charge in [0.1, 0.15) is 12.5 Å². The number of ether oxygens (including phenoxy) is 1. The van der Waals surface area contributed by atoms with Gasteiger partial charge in [-0.25, -0.2) is 9.07 Å². The van der Waals surface area contributed by atoms with Crippen LogP contribution >= 0.6 is 0 Å². The topological polar surface area (TPSA) is 108 Å². The number of halogens is 1. The van der Waals surface area contributed by atoms with Crippen LogP contribution in [0.25, 0.3) is 0 Å². The van der Waals surface area contributed by atoms with Gasteiger partial charge in [-0.2, -0.15) is 10.4 Å². The quantitative estimate of drug-likeness (QED) is 0.272. The first-order valence-electron chi connectivity index (χ1n) is 13.5. The van der Waals surface area contributed by atoms with E-state index in [1.807, 2.05) is 18.2 Å². The Bertz CT molecular complexity index is 1450. The van der Waals surface area contributed by atoms with E-state index in [9.17, 15) is 24.3 Å². The fraction of sp³-hybridized carbons (Fsp3) is 0.400. The number of hydrogen-bond acceptors (Lipinski definition) is 6. The van der Waals surface area contributed by atoms with Gasteiger partial charge in [0.25, 0.3) is 11.3 Å². The van der Waals surface area contributed by atoms with Crippen molar-refractivity contribution in [1.29, 1.82) is 5.26 Å². The van der Waals surface area contributed by atoms with Gasteiger partial charge in [-0.1, -0.05) is 43.9 Å². The highest BCUT2D eigenvalue weighted by molar-refractivity contribution is 6.76. The summed E-state index contributed by atoms with van der Waals surface area (Å²) in [6.45, 7) is 7.70. The van der Waals surface area contributed by atoms with Crippen LogP contribution in [0.5, 0.6) is 5.75 Å². The Labute approximate surface area is 234 Å². The maximum Gasteiger partial charge on any atom is 0.278 e. The lowest BCUT2D eigenvalue weighted by Crippen LogP contribution is -2.40. The van der Waals surface area contributed by atoms with E-state index in [-0.39, 0.29) is 30.2 Å². The van der Waals surface area contributed by atoms with Crippen molar-refractivity contribution in [1.82, 2.24) is 14.7 Å². The molecule has 0 unspecified atom stereocenters. The number of amides is 1. The van der Waals surface area contributed by atoms with Gasteiger partial charge in [-0.05, 0) is 60.7 Å². The molecule has 1 aliphatic heterocycles. The van der Waals surface area contributed by atoms with Crippen molar-refractivity contribution in [2.75, 3.05) is 13.2 Å². The summed E-state index contributed by atoms with van der Waals surface area (Å²) in [5.41, 5.74) is 1.02. The first-order chi connectivity index (χ1) is 19.1. The van der Waals surface area contributed by atoms with E-state index in [1.165, 1.54) is 23.0 Å². The highest BCUT2D eigenvalue weighted by Crippen LogP contribution is 2.35. The van der Waals surface area contributed by atoms with Gasteiger partial charge in [0.15, 0.2) is 11.4 Å². The Hall–Kier alpha value is -3.81. The van der Waals surface area contributed by atoms with Crippen molar-refractivity contribution < 1.29 is 19.0 Å². The average molecular weight is 563 g/mol. The normalized spacial score (nSPS) is 16.1. The number of carbonyl (C=O) groups is 1. The van der Waals surface area contributed by atoms with Crippen molar-refractivity contribution in [3.05, 3.63) is 93.2 Å². The Balaban J connectivity index is 1.57. The maximum atomic E-state index is 14.2. The van der Waals surface area contributed by atoms with Crippen LogP contribution in [-0.4, -0.2) is 53.0 Å². The number of benzene rings is 2. The number of hydrogen-bond donors (Lipinski definition) is 1. The summed E-state index contributed by atoms with van der Waals surface area (Å²) in [4.78, 5) is 28.1. The van der Waals surface area contributed by atoms with Crippen molar-refractivity contribution in [2.24, 2.45) is 0 Å². The lowest BCUT2D eigenvalue weighted by atomic mass is 9.85. The molecule has 0 radical (unpaired) electrons. The van der Waals surface area contributed by atoms with Gasteiger partial charge in [0.05, 0.1) is 17.8 Å². The molecule has 10 heteroatoms. The molecular weight excluding hydrogens is 527 g/mol. The summed E-state index contributed by atoms with van der Waals surface area (Å²) in [5.74, 6) is -1.70. The molecule has 0 spiro atoms. The zero-order chi connectivity index (χ0) is 28.9. The number of aromatic nitrogens is 2. The molecule has 8 nitrogen and oxygen atoms in total. The van der Waals surface area contributed by atoms with E-state index in [4.69, 9.17) is 4.74 Å². The van der Waals surface area contributed by atoms with Crippen LogP contribution < -0.4 is 5.43 Å². The summed E-state index contributed by atoms with van der Waals surface area (Å²) in [6, 6.07) is 16.4.